The van der Waals surface area contributed by atoms with Crippen LogP contribution in [0.15, 0.2) is 0 Å². The van der Waals surface area contributed by atoms with E-state index in [2.05, 4.69) is 0 Å². The van der Waals surface area contributed by atoms with E-state index in [0.29, 0.717) is 0 Å². The molecule has 0 aromatic heterocycles. The average molecular weight is 290 g/mol. The molecule has 1 N–H and O–H groups in total. The third-order valence-electron chi connectivity index (χ3n) is 0. The summed E-state index contributed by atoms with van der Waals surface area (Å²) in [5.74, 6) is 0. The van der Waals surface area contributed by atoms with E-state index in [1.54, 1.807) is 0 Å². The quantitative estimate of drug-likeness (QED) is 0.470. The van der Waals surface area contributed by atoms with E-state index in [9.17, 15) is 0 Å². The smallest absolute Gasteiger partial charge is 1.00 e. The fourth-order valence-corrected chi connectivity index (χ4v) is 0. The van der Waals surface area contributed by atoms with Crippen LogP contribution in [0.5, 0.6) is 0 Å². The summed E-state index contributed by atoms with van der Waals surface area (Å²) in [7, 11) is 1.00. The van der Waals surface area contributed by atoms with Gasteiger partial charge in [-0.15, -0.1) is 0 Å². The summed E-state index contributed by atoms with van der Waals surface area (Å²) in [5, 5.41) is 7.00. The Labute approximate surface area is 97.0 Å². The fourth-order valence-electron chi connectivity index (χ4n) is 0. The van der Waals surface area contributed by atoms with Crippen LogP contribution in [0.3, 0.4) is 0 Å². The van der Waals surface area contributed by atoms with Crippen molar-refractivity contribution in [2.75, 3.05) is 7.11 Å². The molecule has 0 amide bonds. The van der Waals surface area contributed by atoms with Gasteiger partial charge in [-0.3, -0.25) is 0 Å². The van der Waals surface area contributed by atoms with Gasteiger partial charge in [-0.05, 0) is 0 Å². The molecule has 0 bridgehead atoms. The standard InChI is InChI=1S/CH4O.3ClH.Eu/c1-2;;;;/h2H,1H3;3*1H;/q;;;;+3/p-3. The van der Waals surface area contributed by atoms with Crippen LogP contribution in [0.1, 0.15) is 0 Å². The Morgan fingerprint density at radius 1 is 0.833 bits per heavy atom. The summed E-state index contributed by atoms with van der Waals surface area (Å²) in [4.78, 5) is 0. The van der Waals surface area contributed by atoms with Crippen molar-refractivity contribution < 1.29 is 91.7 Å². The minimum atomic E-state index is 0. The van der Waals surface area contributed by atoms with Crippen molar-refractivity contribution in [3.05, 3.63) is 0 Å². The van der Waals surface area contributed by atoms with Crippen molar-refractivity contribution in [2.24, 2.45) is 0 Å². The molecule has 0 aliphatic carbocycles. The van der Waals surface area contributed by atoms with Crippen molar-refractivity contribution in [3.63, 3.8) is 0 Å². The Morgan fingerprint density at radius 3 is 0.833 bits per heavy atom. The van der Waals surface area contributed by atoms with E-state index in [1.165, 1.54) is 0 Å². The fraction of sp³-hybridized carbons (Fsp3) is 1.00. The number of halogens is 3. The van der Waals surface area contributed by atoms with Crippen LogP contribution in [-0.4, -0.2) is 12.2 Å². The first-order valence-corrected chi connectivity index (χ1v) is 0.447. The van der Waals surface area contributed by atoms with E-state index < -0.39 is 0 Å². The number of rotatable bonds is 0. The third kappa shape index (κ3) is 32.3. The van der Waals surface area contributed by atoms with Crippen LogP contribution in [0.25, 0.3) is 0 Å². The Hall–Kier alpha value is 2.41. The monoisotopic (exact) mass is 290 g/mol. The van der Waals surface area contributed by atoms with Crippen LogP contribution in [0.2, 0.25) is 0 Å². The molecule has 6 heavy (non-hydrogen) atoms. The van der Waals surface area contributed by atoms with Crippen LogP contribution in [-0.2, 0) is 0 Å². The first-order chi connectivity index (χ1) is 1.00. The van der Waals surface area contributed by atoms with Gasteiger partial charge in [0.2, 0.25) is 0 Å². The zero-order chi connectivity index (χ0) is 2.00. The van der Waals surface area contributed by atoms with Crippen LogP contribution < -0.4 is 37.2 Å². The maximum atomic E-state index is 7.00. The van der Waals surface area contributed by atoms with Gasteiger partial charge in [-0.25, -0.2) is 0 Å². The van der Waals surface area contributed by atoms with Gasteiger partial charge in [0.25, 0.3) is 0 Å². The SMILES string of the molecule is CO.[Cl-].[Cl-].[Cl-].[Eu+3]. The normalized spacial score (nSPS) is 1.00. The molecular formula is CH4Cl3EuO. The molecule has 0 aromatic rings. The van der Waals surface area contributed by atoms with Crippen molar-refractivity contribution in [1.82, 2.24) is 0 Å². The molecule has 42 valence electrons. The molecule has 0 saturated heterocycles. The molecule has 0 aromatic carbocycles. The predicted molar refractivity (Wildman–Crippen MR) is 8.14 cm³/mol. The maximum absolute atomic E-state index is 7.00. The van der Waals surface area contributed by atoms with Crippen LogP contribution in [0.4, 0.5) is 0 Å². The molecule has 0 unspecified atom stereocenters. The van der Waals surface area contributed by atoms with Gasteiger partial charge in [-0.1, -0.05) is 0 Å². The van der Waals surface area contributed by atoms with Crippen molar-refractivity contribution in [1.29, 1.82) is 0 Å². The van der Waals surface area contributed by atoms with Crippen LogP contribution in [0, 0.1) is 49.4 Å². The summed E-state index contributed by atoms with van der Waals surface area (Å²) in [6.45, 7) is 0. The van der Waals surface area contributed by atoms with Gasteiger partial charge in [0.05, 0.1) is 0 Å². The topological polar surface area (TPSA) is 20.2 Å². The van der Waals surface area contributed by atoms with E-state index in [4.69, 9.17) is 5.11 Å². The largest absolute Gasteiger partial charge is 3.00 e. The number of hydrogen-bond donors (Lipinski definition) is 1. The van der Waals surface area contributed by atoms with E-state index in [1.807, 2.05) is 0 Å². The number of hydrogen-bond acceptors (Lipinski definition) is 1. The summed E-state index contributed by atoms with van der Waals surface area (Å²) in [5.41, 5.74) is 0. The Morgan fingerprint density at radius 2 is 0.833 bits per heavy atom. The minimum absolute atomic E-state index is 0. The second-order valence-corrected chi connectivity index (χ2v) is 0. The van der Waals surface area contributed by atoms with Crippen molar-refractivity contribution in [3.8, 4) is 0 Å². The average Bonchev–Trinajstić information content (AvgIpc) is 1.00. The Balaban J connectivity index is -0.000000000833. The van der Waals surface area contributed by atoms with Crippen molar-refractivity contribution >= 4 is 0 Å². The number of aliphatic hydroxyl groups is 1. The number of aliphatic hydroxyl groups excluding tert-OH is 1. The van der Waals surface area contributed by atoms with E-state index in [0.717, 1.165) is 7.11 Å². The first-order valence-electron chi connectivity index (χ1n) is 0.447. The summed E-state index contributed by atoms with van der Waals surface area (Å²) in [6, 6.07) is 0. The molecule has 1 nitrogen and oxygen atoms in total. The van der Waals surface area contributed by atoms with Crippen molar-refractivity contribution in [2.45, 2.75) is 0 Å². The molecule has 0 aliphatic heterocycles. The van der Waals surface area contributed by atoms with Gasteiger partial charge in [0, 0.05) is 7.11 Å². The van der Waals surface area contributed by atoms with Crippen LogP contribution >= 0.6 is 0 Å². The summed E-state index contributed by atoms with van der Waals surface area (Å²) >= 11 is 0. The molecule has 0 fully saturated rings. The second kappa shape index (κ2) is 52.3. The second-order valence-electron chi connectivity index (χ2n) is 0. The molecule has 0 saturated carbocycles. The molecule has 0 aliphatic rings. The predicted octanol–water partition coefficient (Wildman–Crippen LogP) is -9.38. The molecule has 0 atom stereocenters. The third-order valence-corrected chi connectivity index (χ3v) is 0. The molecular weight excluding hydrogens is 286 g/mol. The summed E-state index contributed by atoms with van der Waals surface area (Å²) < 4.78 is 0. The van der Waals surface area contributed by atoms with Gasteiger partial charge >= 0.3 is 49.4 Å². The zero-order valence-corrected chi connectivity index (χ0v) is 7.65. The molecule has 0 rings (SSSR count). The minimum Gasteiger partial charge on any atom is -1.00 e. The molecule has 0 spiro atoms. The van der Waals surface area contributed by atoms with Gasteiger partial charge < -0.3 is 42.3 Å². The Bertz CT molecular complexity index is 10.8. The maximum Gasteiger partial charge on any atom is 3.00 e. The van der Waals surface area contributed by atoms with E-state index >= 15 is 0 Å². The van der Waals surface area contributed by atoms with E-state index in [-0.39, 0.29) is 86.6 Å². The molecule has 5 heteroatoms. The van der Waals surface area contributed by atoms with Gasteiger partial charge in [0.15, 0.2) is 0 Å². The summed E-state index contributed by atoms with van der Waals surface area (Å²) in [6.07, 6.45) is 0. The Kier molecular flexibility index (Phi) is 346. The first kappa shape index (κ1) is 39.7. The molecule has 0 radical (unpaired) electrons. The molecule has 0 heterocycles. The zero-order valence-electron chi connectivity index (χ0n) is 2.96. The van der Waals surface area contributed by atoms with Gasteiger partial charge in [0.1, 0.15) is 0 Å². The van der Waals surface area contributed by atoms with Gasteiger partial charge in [-0.2, -0.15) is 0 Å².